The molecule has 1 unspecified atom stereocenters. The lowest BCUT2D eigenvalue weighted by Gasteiger charge is -2.23. The number of nitro benzene ring substituents is 1. The van der Waals surface area contributed by atoms with Gasteiger partial charge in [-0.3, -0.25) is 15.1 Å². The summed E-state index contributed by atoms with van der Waals surface area (Å²) in [5.41, 5.74) is 1.89. The Morgan fingerprint density at radius 2 is 2.14 bits per heavy atom. The van der Waals surface area contributed by atoms with Gasteiger partial charge >= 0.3 is 0 Å². The summed E-state index contributed by atoms with van der Waals surface area (Å²) in [6.07, 6.45) is 5.27. The van der Waals surface area contributed by atoms with Crippen LogP contribution in [-0.4, -0.2) is 23.0 Å². The van der Waals surface area contributed by atoms with E-state index in [0.29, 0.717) is 5.39 Å². The number of benzene rings is 1. The quantitative estimate of drug-likeness (QED) is 0.622. The Kier molecular flexibility index (Phi) is 3.73. The van der Waals surface area contributed by atoms with Crippen molar-refractivity contribution in [1.82, 2.24) is 4.98 Å². The number of hydrogen-bond donors (Lipinski definition) is 0. The standard InChI is InChI=1S/C16H19N3O2/c1-12-4-3-10-18(11-8-12)15-7-6-14(19(20)21)13-5-2-9-17-16(13)15/h2,5-7,9,12H,3-4,8,10-11H2,1H3. The Labute approximate surface area is 123 Å². The summed E-state index contributed by atoms with van der Waals surface area (Å²) in [4.78, 5) is 17.6. The molecule has 1 aromatic heterocycles. The molecule has 0 saturated carbocycles. The highest BCUT2D eigenvalue weighted by molar-refractivity contribution is 5.97. The van der Waals surface area contributed by atoms with Crippen molar-refractivity contribution in [2.75, 3.05) is 18.0 Å². The molecule has 0 aliphatic carbocycles. The van der Waals surface area contributed by atoms with E-state index in [0.717, 1.165) is 43.1 Å². The van der Waals surface area contributed by atoms with E-state index >= 15 is 0 Å². The number of pyridine rings is 1. The van der Waals surface area contributed by atoms with Crippen LogP contribution in [0.4, 0.5) is 11.4 Å². The van der Waals surface area contributed by atoms with E-state index < -0.39 is 0 Å². The maximum Gasteiger partial charge on any atom is 0.278 e. The molecule has 0 spiro atoms. The Morgan fingerprint density at radius 1 is 1.29 bits per heavy atom. The molecule has 1 aliphatic heterocycles. The lowest BCUT2D eigenvalue weighted by atomic mass is 10.0. The molecule has 1 aliphatic rings. The highest BCUT2D eigenvalue weighted by Crippen LogP contribution is 2.33. The van der Waals surface area contributed by atoms with Crippen molar-refractivity contribution < 1.29 is 4.92 Å². The monoisotopic (exact) mass is 285 g/mol. The summed E-state index contributed by atoms with van der Waals surface area (Å²) in [6.45, 7) is 4.27. The number of rotatable bonds is 2. The van der Waals surface area contributed by atoms with E-state index in [1.165, 1.54) is 6.42 Å². The summed E-state index contributed by atoms with van der Waals surface area (Å²) in [5, 5.41) is 11.8. The van der Waals surface area contributed by atoms with Crippen LogP contribution in [0.15, 0.2) is 30.5 Å². The molecule has 0 radical (unpaired) electrons. The van der Waals surface area contributed by atoms with E-state index in [4.69, 9.17) is 0 Å². The van der Waals surface area contributed by atoms with Crippen LogP contribution in [0.1, 0.15) is 26.2 Å². The van der Waals surface area contributed by atoms with Gasteiger partial charge in [0.2, 0.25) is 0 Å². The van der Waals surface area contributed by atoms with E-state index in [1.807, 2.05) is 6.07 Å². The zero-order valence-corrected chi connectivity index (χ0v) is 12.2. The average molecular weight is 285 g/mol. The SMILES string of the molecule is CC1CCCN(c2ccc([N+](=O)[O-])c3cccnc23)CC1. The molecule has 5 heteroatoms. The van der Waals surface area contributed by atoms with Crippen LogP contribution in [0, 0.1) is 16.0 Å². The number of nitrogens with zero attached hydrogens (tertiary/aromatic N) is 3. The molecule has 0 N–H and O–H groups in total. The third-order valence-corrected chi connectivity index (χ3v) is 4.28. The fourth-order valence-corrected chi connectivity index (χ4v) is 3.06. The number of anilines is 1. The molecule has 1 atom stereocenters. The normalized spacial score (nSPS) is 19.5. The van der Waals surface area contributed by atoms with Crippen molar-refractivity contribution in [2.24, 2.45) is 5.92 Å². The van der Waals surface area contributed by atoms with Crippen molar-refractivity contribution in [1.29, 1.82) is 0 Å². The van der Waals surface area contributed by atoms with Gasteiger partial charge in [-0.15, -0.1) is 0 Å². The van der Waals surface area contributed by atoms with Gasteiger partial charge in [0.05, 0.1) is 16.0 Å². The highest BCUT2D eigenvalue weighted by Gasteiger charge is 2.20. The van der Waals surface area contributed by atoms with Gasteiger partial charge in [-0.05, 0) is 43.4 Å². The number of aromatic nitrogens is 1. The molecule has 0 bridgehead atoms. The second-order valence-electron chi connectivity index (χ2n) is 5.78. The van der Waals surface area contributed by atoms with E-state index in [9.17, 15) is 10.1 Å². The molecule has 5 nitrogen and oxygen atoms in total. The molecule has 1 fully saturated rings. The Hall–Kier alpha value is -2.17. The summed E-state index contributed by atoms with van der Waals surface area (Å²) < 4.78 is 0. The van der Waals surface area contributed by atoms with Gasteiger partial charge in [-0.2, -0.15) is 0 Å². The lowest BCUT2D eigenvalue weighted by Crippen LogP contribution is -2.24. The Bertz CT molecular complexity index is 672. The predicted octanol–water partition coefficient (Wildman–Crippen LogP) is 3.77. The van der Waals surface area contributed by atoms with Gasteiger partial charge in [0.15, 0.2) is 0 Å². The second-order valence-corrected chi connectivity index (χ2v) is 5.78. The second kappa shape index (κ2) is 5.68. The number of hydrogen-bond acceptors (Lipinski definition) is 4. The first-order valence-electron chi connectivity index (χ1n) is 7.44. The van der Waals surface area contributed by atoms with Crippen molar-refractivity contribution in [3.63, 3.8) is 0 Å². The molecule has 3 rings (SSSR count). The first-order chi connectivity index (χ1) is 10.2. The molecule has 2 heterocycles. The van der Waals surface area contributed by atoms with Crippen molar-refractivity contribution in [2.45, 2.75) is 26.2 Å². The molecule has 2 aromatic rings. The van der Waals surface area contributed by atoms with Crippen LogP contribution in [0.3, 0.4) is 0 Å². The summed E-state index contributed by atoms with van der Waals surface area (Å²) in [6, 6.07) is 6.99. The lowest BCUT2D eigenvalue weighted by molar-refractivity contribution is -0.383. The number of nitro groups is 1. The maximum absolute atomic E-state index is 11.2. The van der Waals surface area contributed by atoms with Gasteiger partial charge in [0.25, 0.3) is 5.69 Å². The topological polar surface area (TPSA) is 59.3 Å². The van der Waals surface area contributed by atoms with Crippen molar-refractivity contribution in [3.8, 4) is 0 Å². The third kappa shape index (κ3) is 2.68. The molecule has 1 saturated heterocycles. The largest absolute Gasteiger partial charge is 0.370 e. The molecular formula is C16H19N3O2. The fourth-order valence-electron chi connectivity index (χ4n) is 3.06. The van der Waals surface area contributed by atoms with Gasteiger partial charge in [-0.25, -0.2) is 0 Å². The molecule has 1 aromatic carbocycles. The fraction of sp³-hybridized carbons (Fsp3) is 0.438. The van der Waals surface area contributed by atoms with Crippen LogP contribution < -0.4 is 4.90 Å². The van der Waals surface area contributed by atoms with Crippen LogP contribution in [0.5, 0.6) is 0 Å². The van der Waals surface area contributed by atoms with Crippen LogP contribution >= 0.6 is 0 Å². The first kappa shape index (κ1) is 13.8. The predicted molar refractivity (Wildman–Crippen MR) is 83.6 cm³/mol. The zero-order chi connectivity index (χ0) is 14.8. The van der Waals surface area contributed by atoms with E-state index in [-0.39, 0.29) is 10.6 Å². The highest BCUT2D eigenvalue weighted by atomic mass is 16.6. The van der Waals surface area contributed by atoms with E-state index in [2.05, 4.69) is 16.8 Å². The van der Waals surface area contributed by atoms with Crippen molar-refractivity contribution >= 4 is 22.3 Å². The van der Waals surface area contributed by atoms with Crippen LogP contribution in [0.25, 0.3) is 10.9 Å². The third-order valence-electron chi connectivity index (χ3n) is 4.28. The number of non-ortho nitro benzene ring substituents is 1. The van der Waals surface area contributed by atoms with Gasteiger partial charge in [0.1, 0.15) is 5.52 Å². The first-order valence-corrected chi connectivity index (χ1v) is 7.44. The molecule has 0 amide bonds. The van der Waals surface area contributed by atoms with Crippen LogP contribution in [0.2, 0.25) is 0 Å². The Balaban J connectivity index is 2.07. The minimum atomic E-state index is -0.335. The molecule has 21 heavy (non-hydrogen) atoms. The summed E-state index contributed by atoms with van der Waals surface area (Å²) in [7, 11) is 0. The van der Waals surface area contributed by atoms with Crippen LogP contribution in [-0.2, 0) is 0 Å². The smallest absolute Gasteiger partial charge is 0.278 e. The average Bonchev–Trinajstić information content (AvgIpc) is 2.70. The Morgan fingerprint density at radius 3 is 2.95 bits per heavy atom. The summed E-state index contributed by atoms with van der Waals surface area (Å²) in [5.74, 6) is 0.743. The minimum absolute atomic E-state index is 0.130. The summed E-state index contributed by atoms with van der Waals surface area (Å²) >= 11 is 0. The van der Waals surface area contributed by atoms with Crippen molar-refractivity contribution in [3.05, 3.63) is 40.6 Å². The maximum atomic E-state index is 11.2. The van der Waals surface area contributed by atoms with Gasteiger partial charge in [-0.1, -0.05) is 6.92 Å². The minimum Gasteiger partial charge on any atom is -0.370 e. The van der Waals surface area contributed by atoms with Gasteiger partial charge in [0, 0.05) is 25.4 Å². The van der Waals surface area contributed by atoms with Gasteiger partial charge < -0.3 is 4.90 Å². The van der Waals surface area contributed by atoms with E-state index in [1.54, 1.807) is 24.4 Å². The zero-order valence-electron chi connectivity index (χ0n) is 12.2. The molecule has 110 valence electrons. The number of fused-ring (bicyclic) bond motifs is 1. The molecular weight excluding hydrogens is 266 g/mol.